The van der Waals surface area contributed by atoms with E-state index < -0.39 is 6.04 Å². The van der Waals surface area contributed by atoms with Crippen molar-refractivity contribution < 1.29 is 4.79 Å². The number of nitrogens with two attached hydrogens (primary N) is 1. The third kappa shape index (κ3) is 2.96. The fourth-order valence-corrected chi connectivity index (χ4v) is 2.54. The molecule has 1 aliphatic carbocycles. The van der Waals surface area contributed by atoms with Crippen molar-refractivity contribution in [3.05, 3.63) is 35.9 Å². The summed E-state index contributed by atoms with van der Waals surface area (Å²) in [5.74, 6) is -0.0978. The molecule has 104 valence electrons. The Morgan fingerprint density at radius 3 is 2.47 bits per heavy atom. The molecular weight excluding hydrogens is 238 g/mol. The number of benzene rings is 1. The van der Waals surface area contributed by atoms with Gasteiger partial charge in [0, 0.05) is 12.1 Å². The first kappa shape index (κ1) is 14.0. The third-order valence-corrected chi connectivity index (χ3v) is 4.27. The molecule has 19 heavy (non-hydrogen) atoms. The molecule has 4 heteroatoms. The van der Waals surface area contributed by atoms with Crippen LogP contribution in [0.2, 0.25) is 0 Å². The molecule has 1 amide bonds. The molecule has 1 aliphatic rings. The van der Waals surface area contributed by atoms with Crippen molar-refractivity contribution in [1.82, 2.24) is 10.2 Å². The normalized spacial score (nSPS) is 18.7. The van der Waals surface area contributed by atoms with Gasteiger partial charge in [-0.05, 0) is 38.9 Å². The third-order valence-electron chi connectivity index (χ3n) is 4.27. The van der Waals surface area contributed by atoms with Crippen LogP contribution in [0, 0.1) is 0 Å². The molecule has 0 aromatic heterocycles. The Morgan fingerprint density at radius 2 is 2.00 bits per heavy atom. The molecular formula is C15H23N3O. The standard InChI is InChI=1S/C15H23N3O/c1-18(2)15(9-6-10-15)11-17-14(19)13(16)12-7-4-3-5-8-12/h3-5,7-8,13H,6,9-11,16H2,1-2H3,(H,17,19)/t13-/m1/s1. The molecule has 0 spiro atoms. The summed E-state index contributed by atoms with van der Waals surface area (Å²) in [7, 11) is 4.14. The van der Waals surface area contributed by atoms with Crippen molar-refractivity contribution in [2.75, 3.05) is 20.6 Å². The molecule has 0 aliphatic heterocycles. The molecule has 0 saturated heterocycles. The topological polar surface area (TPSA) is 58.4 Å². The quantitative estimate of drug-likeness (QED) is 0.839. The maximum Gasteiger partial charge on any atom is 0.241 e. The Hall–Kier alpha value is -1.39. The molecule has 0 radical (unpaired) electrons. The van der Waals surface area contributed by atoms with E-state index in [1.807, 2.05) is 30.3 Å². The van der Waals surface area contributed by atoms with Crippen molar-refractivity contribution >= 4 is 5.91 Å². The van der Waals surface area contributed by atoms with Gasteiger partial charge in [0.15, 0.2) is 0 Å². The van der Waals surface area contributed by atoms with E-state index in [2.05, 4.69) is 24.3 Å². The lowest BCUT2D eigenvalue weighted by Crippen LogP contribution is -2.57. The summed E-state index contributed by atoms with van der Waals surface area (Å²) in [6.45, 7) is 0.680. The number of carbonyl (C=O) groups excluding carboxylic acids is 1. The fraction of sp³-hybridized carbons (Fsp3) is 0.533. The minimum atomic E-state index is -0.583. The highest BCUT2D eigenvalue weighted by atomic mass is 16.2. The second-order valence-electron chi connectivity index (χ2n) is 5.58. The van der Waals surface area contributed by atoms with Crippen LogP contribution in [0.1, 0.15) is 30.9 Å². The lowest BCUT2D eigenvalue weighted by atomic mass is 9.75. The number of hydrogen-bond acceptors (Lipinski definition) is 3. The molecule has 3 N–H and O–H groups in total. The first-order chi connectivity index (χ1) is 9.05. The van der Waals surface area contributed by atoms with E-state index in [1.165, 1.54) is 6.42 Å². The fourth-order valence-electron chi connectivity index (χ4n) is 2.54. The Labute approximate surface area is 115 Å². The van der Waals surface area contributed by atoms with E-state index in [4.69, 9.17) is 5.73 Å². The van der Waals surface area contributed by atoms with E-state index in [9.17, 15) is 4.79 Å². The lowest BCUT2D eigenvalue weighted by Gasteiger charge is -2.47. The number of likely N-dealkylation sites (N-methyl/N-ethyl adjacent to an activating group) is 1. The van der Waals surface area contributed by atoms with Gasteiger partial charge in [-0.25, -0.2) is 0 Å². The van der Waals surface area contributed by atoms with E-state index in [-0.39, 0.29) is 11.4 Å². The van der Waals surface area contributed by atoms with Crippen LogP contribution in [0.4, 0.5) is 0 Å². The number of rotatable bonds is 5. The van der Waals surface area contributed by atoms with Crippen molar-refractivity contribution in [2.45, 2.75) is 30.8 Å². The summed E-state index contributed by atoms with van der Waals surface area (Å²) in [4.78, 5) is 14.3. The minimum absolute atomic E-state index is 0.0978. The van der Waals surface area contributed by atoms with Gasteiger partial charge in [0.25, 0.3) is 0 Å². The van der Waals surface area contributed by atoms with Gasteiger partial charge >= 0.3 is 0 Å². The van der Waals surface area contributed by atoms with E-state index in [0.717, 1.165) is 18.4 Å². The van der Waals surface area contributed by atoms with Gasteiger partial charge in [-0.3, -0.25) is 4.79 Å². The second kappa shape index (κ2) is 5.72. The summed E-state index contributed by atoms with van der Waals surface area (Å²) < 4.78 is 0. The smallest absolute Gasteiger partial charge is 0.241 e. The van der Waals surface area contributed by atoms with Crippen molar-refractivity contribution in [1.29, 1.82) is 0 Å². The van der Waals surface area contributed by atoms with E-state index >= 15 is 0 Å². The van der Waals surface area contributed by atoms with Crippen LogP contribution in [-0.2, 0) is 4.79 Å². The highest BCUT2D eigenvalue weighted by molar-refractivity contribution is 5.83. The number of amides is 1. The van der Waals surface area contributed by atoms with Crippen LogP contribution >= 0.6 is 0 Å². The molecule has 1 aromatic rings. The molecule has 0 unspecified atom stereocenters. The summed E-state index contributed by atoms with van der Waals surface area (Å²) in [5, 5.41) is 3.00. The van der Waals surface area contributed by atoms with Crippen molar-refractivity contribution in [2.24, 2.45) is 5.73 Å². The Kier molecular flexibility index (Phi) is 4.22. The van der Waals surface area contributed by atoms with Gasteiger partial charge < -0.3 is 16.0 Å². The highest BCUT2D eigenvalue weighted by Crippen LogP contribution is 2.35. The van der Waals surface area contributed by atoms with Crippen LogP contribution < -0.4 is 11.1 Å². The average Bonchev–Trinajstić information content (AvgIpc) is 2.37. The van der Waals surface area contributed by atoms with Crippen LogP contribution in [0.15, 0.2) is 30.3 Å². The SMILES string of the molecule is CN(C)C1(CNC(=O)[C@H](N)c2ccccc2)CCC1. The zero-order valence-corrected chi connectivity index (χ0v) is 11.7. The van der Waals surface area contributed by atoms with Crippen LogP contribution in [0.3, 0.4) is 0 Å². The molecule has 1 aromatic carbocycles. The molecule has 4 nitrogen and oxygen atoms in total. The van der Waals surface area contributed by atoms with Crippen molar-refractivity contribution in [3.8, 4) is 0 Å². The zero-order valence-electron chi connectivity index (χ0n) is 11.7. The molecule has 0 heterocycles. The molecule has 1 fully saturated rings. The van der Waals surface area contributed by atoms with Crippen LogP contribution in [0.5, 0.6) is 0 Å². The van der Waals surface area contributed by atoms with Gasteiger partial charge in [0.2, 0.25) is 5.91 Å². The largest absolute Gasteiger partial charge is 0.353 e. The summed E-state index contributed by atoms with van der Waals surface area (Å²) in [6, 6.07) is 8.90. The molecule has 1 saturated carbocycles. The summed E-state index contributed by atoms with van der Waals surface area (Å²) in [6.07, 6.45) is 3.51. The maximum absolute atomic E-state index is 12.1. The average molecular weight is 261 g/mol. The van der Waals surface area contributed by atoms with Crippen LogP contribution in [0.25, 0.3) is 0 Å². The van der Waals surface area contributed by atoms with E-state index in [0.29, 0.717) is 6.54 Å². The number of carbonyl (C=O) groups is 1. The number of nitrogens with one attached hydrogen (secondary N) is 1. The second-order valence-corrected chi connectivity index (χ2v) is 5.58. The highest BCUT2D eigenvalue weighted by Gasteiger charge is 2.39. The van der Waals surface area contributed by atoms with Gasteiger partial charge in [0.05, 0.1) is 0 Å². The zero-order chi connectivity index (χ0) is 13.9. The Balaban J connectivity index is 1.91. The minimum Gasteiger partial charge on any atom is -0.353 e. The predicted molar refractivity (Wildman–Crippen MR) is 76.6 cm³/mol. The lowest BCUT2D eigenvalue weighted by molar-refractivity contribution is -0.123. The maximum atomic E-state index is 12.1. The number of hydrogen-bond donors (Lipinski definition) is 2. The van der Waals surface area contributed by atoms with Gasteiger partial charge in [-0.2, -0.15) is 0 Å². The number of nitrogens with zero attached hydrogens (tertiary/aromatic N) is 1. The van der Waals surface area contributed by atoms with E-state index in [1.54, 1.807) is 0 Å². The Bertz CT molecular complexity index is 426. The Morgan fingerprint density at radius 1 is 1.37 bits per heavy atom. The van der Waals surface area contributed by atoms with Gasteiger partial charge in [0.1, 0.15) is 6.04 Å². The van der Waals surface area contributed by atoms with Gasteiger partial charge in [-0.15, -0.1) is 0 Å². The van der Waals surface area contributed by atoms with Crippen LogP contribution in [-0.4, -0.2) is 37.0 Å². The first-order valence-electron chi connectivity index (χ1n) is 6.81. The first-order valence-corrected chi connectivity index (χ1v) is 6.81. The summed E-state index contributed by atoms with van der Waals surface area (Å²) in [5.41, 5.74) is 6.96. The monoisotopic (exact) mass is 261 g/mol. The molecule has 0 bridgehead atoms. The summed E-state index contributed by atoms with van der Waals surface area (Å²) >= 11 is 0. The molecule has 1 atom stereocenters. The molecule has 2 rings (SSSR count). The van der Waals surface area contributed by atoms with Gasteiger partial charge in [-0.1, -0.05) is 30.3 Å². The van der Waals surface area contributed by atoms with Crippen molar-refractivity contribution in [3.63, 3.8) is 0 Å². The predicted octanol–water partition coefficient (Wildman–Crippen LogP) is 1.29.